The Morgan fingerprint density at radius 2 is 1.63 bits per heavy atom. The average Bonchev–Trinajstić information content (AvgIpc) is 2.92. The molecule has 112 valence electrons. The molecule has 2 atom stereocenters. The van der Waals surface area contributed by atoms with E-state index in [1.807, 2.05) is 0 Å². The van der Waals surface area contributed by atoms with E-state index in [9.17, 15) is 0 Å². The van der Waals surface area contributed by atoms with Crippen LogP contribution in [0.25, 0.3) is 0 Å². The van der Waals surface area contributed by atoms with Crippen LogP contribution >= 0.6 is 0 Å². The van der Waals surface area contributed by atoms with Crippen LogP contribution in [0.15, 0.2) is 0 Å². The minimum absolute atomic E-state index is 0.768. The minimum atomic E-state index is 0.768. The van der Waals surface area contributed by atoms with E-state index in [1.54, 1.807) is 0 Å². The van der Waals surface area contributed by atoms with Crippen molar-refractivity contribution in [1.29, 1.82) is 0 Å². The van der Waals surface area contributed by atoms with E-state index in [0.717, 1.165) is 23.9 Å². The summed E-state index contributed by atoms with van der Waals surface area (Å²) < 4.78 is 0. The highest BCUT2D eigenvalue weighted by Crippen LogP contribution is 2.29. The number of nitrogens with zero attached hydrogens (tertiary/aromatic N) is 1. The van der Waals surface area contributed by atoms with Gasteiger partial charge in [0.05, 0.1) is 0 Å². The fourth-order valence-electron chi connectivity index (χ4n) is 4.22. The fourth-order valence-corrected chi connectivity index (χ4v) is 4.22. The molecule has 0 radical (unpaired) electrons. The molecule has 0 spiro atoms. The first-order chi connectivity index (χ1) is 9.20. The quantitative estimate of drug-likeness (QED) is 0.789. The lowest BCUT2D eigenvalue weighted by molar-refractivity contribution is 0.119. The van der Waals surface area contributed by atoms with Crippen LogP contribution in [0.3, 0.4) is 0 Å². The molecule has 0 heterocycles. The van der Waals surface area contributed by atoms with E-state index in [1.165, 1.54) is 64.5 Å². The van der Waals surface area contributed by atoms with Gasteiger partial charge in [-0.05, 0) is 44.6 Å². The molecule has 0 aromatic carbocycles. The van der Waals surface area contributed by atoms with Crippen molar-refractivity contribution in [3.05, 3.63) is 0 Å². The van der Waals surface area contributed by atoms with Gasteiger partial charge in [0.15, 0.2) is 0 Å². The van der Waals surface area contributed by atoms with Gasteiger partial charge in [0.1, 0.15) is 0 Å². The molecule has 2 rings (SSSR count). The van der Waals surface area contributed by atoms with Gasteiger partial charge in [-0.25, -0.2) is 0 Å². The Balaban J connectivity index is 1.93. The largest absolute Gasteiger partial charge is 0.317 e. The van der Waals surface area contributed by atoms with Gasteiger partial charge in [0.25, 0.3) is 0 Å². The van der Waals surface area contributed by atoms with Crippen molar-refractivity contribution in [2.45, 2.75) is 77.3 Å². The Morgan fingerprint density at radius 1 is 1.00 bits per heavy atom. The Hall–Kier alpha value is -0.0800. The van der Waals surface area contributed by atoms with E-state index in [-0.39, 0.29) is 0 Å². The molecule has 0 aromatic rings. The Bertz CT molecular complexity index is 246. The highest BCUT2D eigenvalue weighted by Gasteiger charge is 2.29. The summed E-state index contributed by atoms with van der Waals surface area (Å²) in [5.74, 6) is 1.69. The molecule has 1 N–H and O–H groups in total. The maximum absolute atomic E-state index is 3.58. The normalized spacial score (nSPS) is 29.5. The van der Waals surface area contributed by atoms with Crippen molar-refractivity contribution >= 4 is 0 Å². The Labute approximate surface area is 120 Å². The number of hydrogen-bond acceptors (Lipinski definition) is 2. The number of hydrogen-bond donors (Lipinski definition) is 1. The molecule has 2 aliphatic carbocycles. The molecule has 19 heavy (non-hydrogen) atoms. The lowest BCUT2D eigenvalue weighted by Gasteiger charge is -2.38. The molecule has 2 nitrogen and oxygen atoms in total. The Kier molecular flexibility index (Phi) is 6.15. The number of rotatable bonds is 6. The molecule has 2 fully saturated rings. The van der Waals surface area contributed by atoms with Gasteiger partial charge in [0.2, 0.25) is 0 Å². The van der Waals surface area contributed by atoms with Crippen LogP contribution in [0.1, 0.15) is 65.2 Å². The first-order valence-electron chi connectivity index (χ1n) is 8.62. The van der Waals surface area contributed by atoms with Crippen molar-refractivity contribution in [2.24, 2.45) is 11.8 Å². The minimum Gasteiger partial charge on any atom is -0.317 e. The summed E-state index contributed by atoms with van der Waals surface area (Å²) in [6.07, 6.45) is 11.5. The molecule has 0 saturated heterocycles. The molecule has 0 aliphatic heterocycles. The van der Waals surface area contributed by atoms with Gasteiger partial charge in [0, 0.05) is 25.2 Å². The van der Waals surface area contributed by atoms with Gasteiger partial charge in [-0.3, -0.25) is 4.90 Å². The topological polar surface area (TPSA) is 15.3 Å². The third-order valence-electron chi connectivity index (χ3n) is 5.19. The molecule has 0 aromatic heterocycles. The van der Waals surface area contributed by atoms with Gasteiger partial charge < -0.3 is 5.32 Å². The highest BCUT2D eigenvalue weighted by molar-refractivity contribution is 4.86. The summed E-state index contributed by atoms with van der Waals surface area (Å²) in [5.41, 5.74) is 0. The zero-order valence-corrected chi connectivity index (χ0v) is 13.3. The summed E-state index contributed by atoms with van der Waals surface area (Å²) in [6, 6.07) is 1.66. The van der Waals surface area contributed by atoms with E-state index >= 15 is 0 Å². The molecule has 0 amide bonds. The monoisotopic (exact) mass is 266 g/mol. The Morgan fingerprint density at radius 3 is 2.26 bits per heavy atom. The van der Waals surface area contributed by atoms with E-state index < -0.39 is 0 Å². The molecule has 2 unspecified atom stereocenters. The zero-order chi connectivity index (χ0) is 13.7. The first-order valence-corrected chi connectivity index (χ1v) is 8.62. The van der Waals surface area contributed by atoms with E-state index in [2.05, 4.69) is 31.1 Å². The molecule has 0 bridgehead atoms. The van der Waals surface area contributed by atoms with Crippen LogP contribution < -0.4 is 5.32 Å². The van der Waals surface area contributed by atoms with Crippen LogP contribution in [-0.2, 0) is 0 Å². The van der Waals surface area contributed by atoms with Crippen molar-refractivity contribution < 1.29 is 0 Å². The highest BCUT2D eigenvalue weighted by atomic mass is 15.2. The molecular weight excluding hydrogens is 232 g/mol. The van der Waals surface area contributed by atoms with Crippen molar-refractivity contribution in [3.8, 4) is 0 Å². The fraction of sp³-hybridized carbons (Fsp3) is 1.00. The predicted octanol–water partition coefficient (Wildman–Crippen LogP) is 3.67. The van der Waals surface area contributed by atoms with Crippen LogP contribution in [0, 0.1) is 11.8 Å². The smallest absolute Gasteiger partial charge is 0.0104 e. The summed E-state index contributed by atoms with van der Waals surface area (Å²) in [7, 11) is 2.16. The molecular formula is C17H34N2. The van der Waals surface area contributed by atoms with Crippen LogP contribution in [0.2, 0.25) is 0 Å². The summed E-state index contributed by atoms with van der Waals surface area (Å²) >= 11 is 0. The van der Waals surface area contributed by atoms with Crippen molar-refractivity contribution in [3.63, 3.8) is 0 Å². The molecule has 2 saturated carbocycles. The average molecular weight is 266 g/mol. The first kappa shape index (κ1) is 15.3. The van der Waals surface area contributed by atoms with Gasteiger partial charge >= 0.3 is 0 Å². The second-order valence-corrected chi connectivity index (χ2v) is 7.23. The lowest BCUT2D eigenvalue weighted by atomic mass is 9.83. The van der Waals surface area contributed by atoms with Crippen molar-refractivity contribution in [1.82, 2.24) is 10.2 Å². The molecule has 2 heteroatoms. The number of nitrogens with one attached hydrogen (secondary N) is 1. The third kappa shape index (κ3) is 4.46. The molecule has 2 aliphatic rings. The summed E-state index contributed by atoms with van der Waals surface area (Å²) in [6.45, 7) is 7.39. The summed E-state index contributed by atoms with van der Waals surface area (Å²) in [4.78, 5) is 2.85. The maximum atomic E-state index is 3.58. The van der Waals surface area contributed by atoms with Gasteiger partial charge in [-0.2, -0.15) is 0 Å². The van der Waals surface area contributed by atoms with Gasteiger partial charge in [-0.1, -0.05) is 39.5 Å². The van der Waals surface area contributed by atoms with E-state index in [0.29, 0.717) is 0 Å². The predicted molar refractivity (Wildman–Crippen MR) is 83.5 cm³/mol. The van der Waals surface area contributed by atoms with Gasteiger partial charge in [-0.15, -0.1) is 0 Å². The van der Waals surface area contributed by atoms with Crippen LogP contribution in [-0.4, -0.2) is 37.1 Å². The lowest BCUT2D eigenvalue weighted by Crippen LogP contribution is -2.46. The van der Waals surface area contributed by atoms with Crippen molar-refractivity contribution in [2.75, 3.05) is 20.1 Å². The standard InChI is InChI=1S/C17H34N2/c1-14(2)12-19(16-9-5-6-10-16)13-15-8-4-7-11-17(15)18-3/h14-18H,4-13H2,1-3H3. The van der Waals surface area contributed by atoms with Crippen LogP contribution in [0.5, 0.6) is 0 Å². The maximum Gasteiger partial charge on any atom is 0.0104 e. The summed E-state index contributed by atoms with van der Waals surface area (Å²) in [5, 5.41) is 3.58. The second-order valence-electron chi connectivity index (χ2n) is 7.23. The SMILES string of the molecule is CNC1CCCCC1CN(CC(C)C)C1CCCC1. The van der Waals surface area contributed by atoms with E-state index in [4.69, 9.17) is 0 Å². The van der Waals surface area contributed by atoms with Crippen LogP contribution in [0.4, 0.5) is 0 Å². The third-order valence-corrected chi connectivity index (χ3v) is 5.19. The zero-order valence-electron chi connectivity index (χ0n) is 13.3. The second kappa shape index (κ2) is 7.64.